The van der Waals surface area contributed by atoms with E-state index in [1.165, 1.54) is 0 Å². The van der Waals surface area contributed by atoms with E-state index in [4.69, 9.17) is 5.73 Å². The van der Waals surface area contributed by atoms with Crippen LogP contribution in [0.1, 0.15) is 25.3 Å². The molecule has 5 nitrogen and oxygen atoms in total. The number of para-hydroxylation sites is 1. The highest BCUT2D eigenvalue weighted by atomic mass is 16.1. The number of nitrogens with one attached hydrogen (secondary N) is 1. The second kappa shape index (κ2) is 7.51. The number of piperidine rings is 1. The van der Waals surface area contributed by atoms with Gasteiger partial charge in [-0.05, 0) is 37.3 Å². The monoisotopic (exact) mass is 299 g/mol. The number of amides is 2. The molecule has 0 aromatic heterocycles. The van der Waals surface area contributed by atoms with E-state index >= 15 is 0 Å². The van der Waals surface area contributed by atoms with E-state index < -0.39 is 0 Å². The molecule has 1 saturated heterocycles. The Kier molecular flexibility index (Phi) is 5.42. The van der Waals surface area contributed by atoms with Crippen molar-refractivity contribution in [3.05, 3.63) is 29.8 Å². The van der Waals surface area contributed by atoms with Crippen LogP contribution in [0.4, 0.5) is 5.69 Å². The second-order valence-corrected chi connectivity index (χ2v) is 5.37. The number of nitrogens with zero attached hydrogens (tertiary/aromatic N) is 1. The van der Waals surface area contributed by atoms with Gasteiger partial charge in [-0.15, -0.1) is 0 Å². The molecule has 2 rings (SSSR count). The average molecular weight is 299 g/mol. The minimum atomic E-state index is -0.286. The zero-order valence-corrected chi connectivity index (χ0v) is 12.8. The highest BCUT2D eigenvalue weighted by Gasteiger charge is 2.25. The van der Waals surface area contributed by atoms with Crippen LogP contribution in [0.5, 0.6) is 0 Å². The van der Waals surface area contributed by atoms with Gasteiger partial charge in [0, 0.05) is 25.3 Å². The van der Waals surface area contributed by atoms with Gasteiger partial charge in [0.15, 0.2) is 0 Å². The number of carbonyl (C=O) groups excluding carboxylic acids is 2. The fourth-order valence-corrected chi connectivity index (χ4v) is 2.73. The lowest BCUT2D eigenvalue weighted by molar-refractivity contribution is -0.122. The molecular weight excluding hydrogens is 278 g/mol. The lowest BCUT2D eigenvalue weighted by Crippen LogP contribution is -2.41. The van der Waals surface area contributed by atoms with Crippen molar-refractivity contribution in [3.63, 3.8) is 0 Å². The van der Waals surface area contributed by atoms with Gasteiger partial charge < -0.3 is 16.0 Å². The molecule has 2 amide bonds. The Hall–Kier alpha value is -2.48. The molecule has 116 valence electrons. The largest absolute Gasteiger partial charge is 0.370 e. The maximum Gasteiger partial charge on any atom is 0.296 e. The number of anilines is 1. The van der Waals surface area contributed by atoms with Crippen LogP contribution in [0.25, 0.3) is 0 Å². The second-order valence-electron chi connectivity index (χ2n) is 5.37. The van der Waals surface area contributed by atoms with E-state index in [-0.39, 0.29) is 17.7 Å². The van der Waals surface area contributed by atoms with Crippen molar-refractivity contribution in [1.82, 2.24) is 5.32 Å². The molecule has 1 aromatic carbocycles. The third-order valence-electron chi connectivity index (χ3n) is 3.83. The normalized spacial score (nSPS) is 17.3. The molecule has 0 saturated carbocycles. The maximum absolute atomic E-state index is 11.5. The summed E-state index contributed by atoms with van der Waals surface area (Å²) in [6, 6.07) is 7.88. The molecular formula is C17H21N3O2. The van der Waals surface area contributed by atoms with Crippen LogP contribution in [-0.2, 0) is 16.1 Å². The SMILES string of the molecule is CC#CC(=O)NCc1ccccc1N1CCCC(C(N)=O)C1. The number of hydrogen-bond donors (Lipinski definition) is 2. The van der Waals surface area contributed by atoms with Crippen molar-refractivity contribution in [3.8, 4) is 11.8 Å². The standard InChI is InChI=1S/C17H21N3O2/c1-2-6-16(21)19-11-13-7-3-4-9-15(13)20-10-5-8-14(12-20)17(18)22/h3-4,7,9,14H,5,8,10-12H2,1H3,(H2,18,22)(H,19,21). The van der Waals surface area contributed by atoms with Gasteiger partial charge in [0.1, 0.15) is 0 Å². The van der Waals surface area contributed by atoms with Gasteiger partial charge in [-0.25, -0.2) is 0 Å². The third kappa shape index (κ3) is 4.01. The molecule has 0 radical (unpaired) electrons. The van der Waals surface area contributed by atoms with Crippen molar-refractivity contribution in [2.45, 2.75) is 26.3 Å². The summed E-state index contributed by atoms with van der Waals surface area (Å²) in [7, 11) is 0. The van der Waals surface area contributed by atoms with Gasteiger partial charge in [0.05, 0.1) is 5.92 Å². The van der Waals surface area contributed by atoms with Crippen molar-refractivity contribution in [2.75, 3.05) is 18.0 Å². The van der Waals surface area contributed by atoms with Crippen molar-refractivity contribution in [2.24, 2.45) is 11.7 Å². The van der Waals surface area contributed by atoms with Gasteiger partial charge in [0.25, 0.3) is 5.91 Å². The summed E-state index contributed by atoms with van der Waals surface area (Å²) in [6.07, 6.45) is 1.78. The fourth-order valence-electron chi connectivity index (χ4n) is 2.73. The van der Waals surface area contributed by atoms with E-state index in [2.05, 4.69) is 22.1 Å². The Morgan fingerprint density at radius 1 is 1.41 bits per heavy atom. The van der Waals surface area contributed by atoms with Gasteiger partial charge in [-0.3, -0.25) is 9.59 Å². The summed E-state index contributed by atoms with van der Waals surface area (Å²) in [6.45, 7) is 3.57. The summed E-state index contributed by atoms with van der Waals surface area (Å²) in [4.78, 5) is 25.1. The topological polar surface area (TPSA) is 75.4 Å². The molecule has 0 spiro atoms. The Labute approximate surface area is 130 Å². The highest BCUT2D eigenvalue weighted by molar-refractivity contribution is 5.93. The number of primary amides is 1. The molecule has 22 heavy (non-hydrogen) atoms. The fraction of sp³-hybridized carbons (Fsp3) is 0.412. The zero-order valence-electron chi connectivity index (χ0n) is 12.8. The van der Waals surface area contributed by atoms with Crippen LogP contribution in [0.2, 0.25) is 0 Å². The number of carbonyl (C=O) groups is 2. The summed E-state index contributed by atoms with van der Waals surface area (Å²) in [5, 5.41) is 2.78. The lowest BCUT2D eigenvalue weighted by atomic mass is 9.96. The zero-order chi connectivity index (χ0) is 15.9. The molecule has 1 atom stereocenters. The Morgan fingerprint density at radius 2 is 2.18 bits per heavy atom. The number of hydrogen-bond acceptors (Lipinski definition) is 3. The quantitative estimate of drug-likeness (QED) is 0.815. The molecule has 0 bridgehead atoms. The average Bonchev–Trinajstić information content (AvgIpc) is 2.53. The highest BCUT2D eigenvalue weighted by Crippen LogP contribution is 2.26. The Morgan fingerprint density at radius 3 is 2.91 bits per heavy atom. The van der Waals surface area contributed by atoms with E-state index in [1.807, 2.05) is 24.3 Å². The molecule has 1 unspecified atom stereocenters. The van der Waals surface area contributed by atoms with Crippen LogP contribution >= 0.6 is 0 Å². The first-order valence-electron chi connectivity index (χ1n) is 7.44. The smallest absolute Gasteiger partial charge is 0.296 e. The molecule has 1 heterocycles. The molecule has 1 fully saturated rings. The molecule has 5 heteroatoms. The van der Waals surface area contributed by atoms with E-state index in [0.717, 1.165) is 30.6 Å². The maximum atomic E-state index is 11.5. The predicted molar refractivity (Wildman–Crippen MR) is 85.9 cm³/mol. The van der Waals surface area contributed by atoms with Crippen LogP contribution < -0.4 is 16.0 Å². The minimum absolute atomic E-state index is 0.109. The van der Waals surface area contributed by atoms with Crippen LogP contribution in [0, 0.1) is 17.8 Å². The summed E-state index contributed by atoms with van der Waals surface area (Å²) < 4.78 is 0. The van der Waals surface area contributed by atoms with Crippen LogP contribution in [0.3, 0.4) is 0 Å². The molecule has 1 aliphatic rings. The summed E-state index contributed by atoms with van der Waals surface area (Å²) in [5.41, 5.74) is 7.49. The Balaban J connectivity index is 2.11. The molecule has 1 aliphatic heterocycles. The lowest BCUT2D eigenvalue weighted by Gasteiger charge is -2.34. The van der Waals surface area contributed by atoms with Crippen LogP contribution in [-0.4, -0.2) is 24.9 Å². The van der Waals surface area contributed by atoms with Gasteiger partial charge in [0.2, 0.25) is 5.91 Å². The first-order valence-corrected chi connectivity index (χ1v) is 7.44. The minimum Gasteiger partial charge on any atom is -0.370 e. The number of benzene rings is 1. The predicted octanol–water partition coefficient (Wildman–Crippen LogP) is 1.03. The number of rotatable bonds is 4. The van der Waals surface area contributed by atoms with Gasteiger partial charge in [-0.2, -0.15) is 0 Å². The van der Waals surface area contributed by atoms with Gasteiger partial charge >= 0.3 is 0 Å². The van der Waals surface area contributed by atoms with Crippen molar-refractivity contribution < 1.29 is 9.59 Å². The van der Waals surface area contributed by atoms with E-state index in [9.17, 15) is 9.59 Å². The van der Waals surface area contributed by atoms with Crippen molar-refractivity contribution >= 4 is 17.5 Å². The Bertz CT molecular complexity index is 616. The van der Waals surface area contributed by atoms with E-state index in [1.54, 1.807) is 6.92 Å². The van der Waals surface area contributed by atoms with E-state index in [0.29, 0.717) is 13.1 Å². The molecule has 1 aromatic rings. The van der Waals surface area contributed by atoms with Gasteiger partial charge in [-0.1, -0.05) is 24.1 Å². The third-order valence-corrected chi connectivity index (χ3v) is 3.83. The first-order chi connectivity index (χ1) is 10.6. The summed E-state index contributed by atoms with van der Waals surface area (Å²) in [5.74, 6) is 4.40. The molecule has 3 N–H and O–H groups in total. The van der Waals surface area contributed by atoms with Crippen molar-refractivity contribution in [1.29, 1.82) is 0 Å². The molecule has 0 aliphatic carbocycles. The number of nitrogens with two attached hydrogens (primary N) is 1. The summed E-state index contributed by atoms with van der Waals surface area (Å²) >= 11 is 0. The van der Waals surface area contributed by atoms with Crippen LogP contribution in [0.15, 0.2) is 24.3 Å². The first kappa shape index (κ1) is 15.9.